The average molecular weight is 218 g/mol. The van der Waals surface area contributed by atoms with E-state index in [2.05, 4.69) is 13.2 Å². The van der Waals surface area contributed by atoms with Gasteiger partial charge < -0.3 is 14.2 Å². The highest BCUT2D eigenvalue weighted by molar-refractivity contribution is 5.62. The average Bonchev–Trinajstić information content (AvgIpc) is 2.27. The lowest BCUT2D eigenvalue weighted by atomic mass is 10.1. The van der Waals surface area contributed by atoms with E-state index in [1.165, 1.54) is 0 Å². The molecule has 0 N–H and O–H groups in total. The lowest BCUT2D eigenvalue weighted by Gasteiger charge is -2.19. The highest BCUT2D eigenvalue weighted by Gasteiger charge is 2.13. The van der Waals surface area contributed by atoms with Gasteiger partial charge in [0, 0.05) is 5.56 Å². The van der Waals surface area contributed by atoms with Crippen molar-refractivity contribution in [3.05, 3.63) is 42.7 Å². The van der Waals surface area contributed by atoms with Crippen molar-refractivity contribution >= 4 is 5.76 Å². The van der Waals surface area contributed by atoms with E-state index in [1.807, 2.05) is 18.2 Å². The molecule has 2 rings (SSSR count). The van der Waals surface area contributed by atoms with Gasteiger partial charge in [-0.15, -0.1) is 0 Å². The van der Waals surface area contributed by atoms with Crippen molar-refractivity contribution in [1.82, 2.24) is 0 Å². The lowest BCUT2D eigenvalue weighted by Crippen LogP contribution is -2.15. The third kappa shape index (κ3) is 2.19. The minimum atomic E-state index is 0.560. The van der Waals surface area contributed by atoms with Crippen LogP contribution in [-0.2, 0) is 4.74 Å². The molecule has 1 aromatic carbocycles. The molecular formula is C13H14O3. The van der Waals surface area contributed by atoms with Gasteiger partial charge in [0.2, 0.25) is 0 Å². The van der Waals surface area contributed by atoms with Crippen LogP contribution in [0, 0.1) is 0 Å². The summed E-state index contributed by atoms with van der Waals surface area (Å²) in [6.07, 6.45) is 0. The van der Waals surface area contributed by atoms with Crippen LogP contribution >= 0.6 is 0 Å². The van der Waals surface area contributed by atoms with Crippen LogP contribution in [0.5, 0.6) is 11.5 Å². The van der Waals surface area contributed by atoms with Crippen LogP contribution in [0.3, 0.4) is 0 Å². The van der Waals surface area contributed by atoms with E-state index >= 15 is 0 Å². The zero-order valence-corrected chi connectivity index (χ0v) is 9.29. The fraction of sp³-hybridized carbons (Fsp3) is 0.231. The molecular weight excluding hydrogens is 204 g/mol. The van der Waals surface area contributed by atoms with Crippen molar-refractivity contribution in [2.45, 2.75) is 6.92 Å². The molecule has 84 valence electrons. The van der Waals surface area contributed by atoms with Gasteiger partial charge in [-0.25, -0.2) is 0 Å². The Labute approximate surface area is 94.9 Å². The first-order valence-electron chi connectivity index (χ1n) is 5.09. The summed E-state index contributed by atoms with van der Waals surface area (Å²) < 4.78 is 16.2. The molecule has 0 saturated carbocycles. The van der Waals surface area contributed by atoms with E-state index in [0.29, 0.717) is 24.7 Å². The van der Waals surface area contributed by atoms with Crippen molar-refractivity contribution in [1.29, 1.82) is 0 Å². The molecule has 0 aromatic heterocycles. The standard InChI is InChI=1S/C13H14O3/c1-9(2)16-10(3)11-4-5-12-13(8-11)15-7-6-14-12/h4-5,8H,1,3,6-7H2,2H3. The first-order chi connectivity index (χ1) is 7.66. The molecule has 16 heavy (non-hydrogen) atoms. The lowest BCUT2D eigenvalue weighted by molar-refractivity contribution is 0.171. The number of fused-ring (bicyclic) bond motifs is 1. The Morgan fingerprint density at radius 3 is 2.56 bits per heavy atom. The molecule has 0 aliphatic carbocycles. The summed E-state index contributed by atoms with van der Waals surface area (Å²) in [6.45, 7) is 10.5. The van der Waals surface area contributed by atoms with Gasteiger partial charge in [-0.1, -0.05) is 13.2 Å². The Kier molecular flexibility index (Phi) is 2.86. The van der Waals surface area contributed by atoms with Crippen LogP contribution in [0.2, 0.25) is 0 Å². The number of benzene rings is 1. The minimum absolute atomic E-state index is 0.560. The number of allylic oxidation sites excluding steroid dienone is 1. The van der Waals surface area contributed by atoms with Gasteiger partial charge in [0.25, 0.3) is 0 Å². The maximum atomic E-state index is 5.48. The topological polar surface area (TPSA) is 27.7 Å². The third-order valence-corrected chi connectivity index (χ3v) is 2.16. The normalized spacial score (nSPS) is 13.1. The van der Waals surface area contributed by atoms with E-state index < -0.39 is 0 Å². The van der Waals surface area contributed by atoms with Gasteiger partial charge in [-0.3, -0.25) is 0 Å². The van der Waals surface area contributed by atoms with E-state index in [0.717, 1.165) is 17.1 Å². The molecule has 0 bridgehead atoms. The summed E-state index contributed by atoms with van der Waals surface area (Å²) in [7, 11) is 0. The van der Waals surface area contributed by atoms with Gasteiger partial charge in [-0.2, -0.15) is 0 Å². The Bertz CT molecular complexity index is 435. The highest BCUT2D eigenvalue weighted by atomic mass is 16.6. The predicted octanol–water partition coefficient (Wildman–Crippen LogP) is 2.98. The third-order valence-electron chi connectivity index (χ3n) is 2.16. The van der Waals surface area contributed by atoms with E-state index in [-0.39, 0.29) is 0 Å². The summed E-state index contributed by atoms with van der Waals surface area (Å²) in [5, 5.41) is 0. The number of rotatable bonds is 3. The number of hydrogen-bond acceptors (Lipinski definition) is 3. The van der Waals surface area contributed by atoms with Crippen LogP contribution in [-0.4, -0.2) is 13.2 Å². The molecule has 1 aromatic rings. The van der Waals surface area contributed by atoms with Crippen LogP contribution < -0.4 is 9.47 Å². The molecule has 1 heterocycles. The molecule has 1 aliphatic heterocycles. The van der Waals surface area contributed by atoms with E-state index in [4.69, 9.17) is 14.2 Å². The monoisotopic (exact) mass is 218 g/mol. The van der Waals surface area contributed by atoms with E-state index in [1.54, 1.807) is 6.92 Å². The largest absolute Gasteiger partial charge is 0.486 e. The fourth-order valence-electron chi connectivity index (χ4n) is 1.49. The van der Waals surface area contributed by atoms with Gasteiger partial charge in [0.05, 0.1) is 5.76 Å². The Morgan fingerprint density at radius 1 is 1.19 bits per heavy atom. The summed E-state index contributed by atoms with van der Waals surface area (Å²) in [5.41, 5.74) is 0.868. The zero-order chi connectivity index (χ0) is 11.5. The van der Waals surface area contributed by atoms with Crippen molar-refractivity contribution in [3.63, 3.8) is 0 Å². The Balaban J connectivity index is 2.23. The quantitative estimate of drug-likeness (QED) is 0.730. The van der Waals surface area contributed by atoms with Gasteiger partial charge in [0.1, 0.15) is 19.0 Å². The summed E-state index contributed by atoms with van der Waals surface area (Å²) in [5.74, 6) is 2.66. The second-order valence-electron chi connectivity index (χ2n) is 3.59. The van der Waals surface area contributed by atoms with Crippen LogP contribution in [0.25, 0.3) is 5.76 Å². The molecule has 0 radical (unpaired) electrons. The summed E-state index contributed by atoms with van der Waals surface area (Å²) in [4.78, 5) is 0. The molecule has 0 fully saturated rings. The van der Waals surface area contributed by atoms with Gasteiger partial charge >= 0.3 is 0 Å². The molecule has 0 unspecified atom stereocenters. The SMILES string of the molecule is C=C(C)OC(=C)c1ccc2c(c1)OCCO2. The zero-order valence-electron chi connectivity index (χ0n) is 9.29. The Hall–Kier alpha value is -1.90. The summed E-state index contributed by atoms with van der Waals surface area (Å²) >= 11 is 0. The smallest absolute Gasteiger partial charge is 0.162 e. The molecule has 3 heteroatoms. The summed E-state index contributed by atoms with van der Waals surface area (Å²) in [6, 6.07) is 5.61. The van der Waals surface area contributed by atoms with Crippen LogP contribution in [0.4, 0.5) is 0 Å². The van der Waals surface area contributed by atoms with Gasteiger partial charge in [0.15, 0.2) is 11.5 Å². The maximum absolute atomic E-state index is 5.48. The predicted molar refractivity (Wildman–Crippen MR) is 62.4 cm³/mol. The van der Waals surface area contributed by atoms with Crippen molar-refractivity contribution in [3.8, 4) is 11.5 Å². The second kappa shape index (κ2) is 4.31. The number of ether oxygens (including phenoxy) is 3. The fourth-order valence-corrected chi connectivity index (χ4v) is 1.49. The second-order valence-corrected chi connectivity index (χ2v) is 3.59. The minimum Gasteiger partial charge on any atom is -0.486 e. The number of hydrogen-bond donors (Lipinski definition) is 0. The van der Waals surface area contributed by atoms with Crippen molar-refractivity contribution in [2.24, 2.45) is 0 Å². The van der Waals surface area contributed by atoms with Crippen LogP contribution in [0.1, 0.15) is 12.5 Å². The van der Waals surface area contributed by atoms with Crippen molar-refractivity contribution in [2.75, 3.05) is 13.2 Å². The molecule has 0 saturated heterocycles. The molecule has 3 nitrogen and oxygen atoms in total. The molecule has 1 aliphatic rings. The molecule has 0 atom stereocenters. The molecule has 0 amide bonds. The van der Waals surface area contributed by atoms with E-state index in [9.17, 15) is 0 Å². The first-order valence-corrected chi connectivity index (χ1v) is 5.09. The first kappa shape index (κ1) is 10.6. The Morgan fingerprint density at radius 2 is 1.88 bits per heavy atom. The van der Waals surface area contributed by atoms with Gasteiger partial charge in [-0.05, 0) is 25.1 Å². The maximum Gasteiger partial charge on any atom is 0.162 e. The van der Waals surface area contributed by atoms with Crippen molar-refractivity contribution < 1.29 is 14.2 Å². The van der Waals surface area contributed by atoms with Crippen LogP contribution in [0.15, 0.2) is 37.1 Å². The molecule has 0 spiro atoms. The highest BCUT2D eigenvalue weighted by Crippen LogP contribution is 2.33.